The summed E-state index contributed by atoms with van der Waals surface area (Å²) in [5.74, 6) is 0.715. The topological polar surface area (TPSA) is 69.0 Å². The van der Waals surface area contributed by atoms with Crippen molar-refractivity contribution < 1.29 is 14.4 Å². The molecule has 33 heavy (non-hydrogen) atoms. The van der Waals surface area contributed by atoms with Gasteiger partial charge in [-0.05, 0) is 50.3 Å². The zero-order valence-electron chi connectivity index (χ0n) is 19.1. The van der Waals surface area contributed by atoms with Gasteiger partial charge >= 0.3 is 0 Å². The van der Waals surface area contributed by atoms with Crippen LogP contribution in [-0.2, 0) is 27.5 Å². The van der Waals surface area contributed by atoms with Crippen LogP contribution in [-0.4, -0.2) is 41.0 Å². The van der Waals surface area contributed by atoms with Gasteiger partial charge in [-0.1, -0.05) is 41.9 Å². The summed E-state index contributed by atoms with van der Waals surface area (Å²) in [5, 5.41) is 4.37. The second kappa shape index (κ2) is 9.75. The molecule has 2 aromatic carbocycles. The summed E-state index contributed by atoms with van der Waals surface area (Å²) >= 11 is 0. The van der Waals surface area contributed by atoms with Crippen molar-refractivity contribution >= 4 is 28.3 Å². The van der Waals surface area contributed by atoms with Crippen LogP contribution in [0.4, 0.5) is 5.69 Å². The highest BCUT2D eigenvalue weighted by molar-refractivity contribution is 6.54. The molecule has 7 nitrogen and oxygen atoms in total. The Morgan fingerprint density at radius 1 is 1.06 bits per heavy atom. The minimum absolute atomic E-state index is 0.102. The van der Waals surface area contributed by atoms with Gasteiger partial charge in [0.1, 0.15) is 11.9 Å². The summed E-state index contributed by atoms with van der Waals surface area (Å²) in [7, 11) is 1.71. The molecule has 1 aromatic heterocycles. The molecule has 1 aliphatic carbocycles. The van der Waals surface area contributed by atoms with E-state index >= 15 is 0 Å². The number of benzene rings is 2. The number of aromatic nitrogens is 2. The first kappa shape index (κ1) is 21.6. The summed E-state index contributed by atoms with van der Waals surface area (Å²) in [6.07, 6.45) is 6.54. The van der Waals surface area contributed by atoms with Crippen LogP contribution >= 0.6 is 0 Å². The van der Waals surface area contributed by atoms with Crippen molar-refractivity contribution in [1.82, 2.24) is 9.55 Å². The van der Waals surface area contributed by atoms with Crippen molar-refractivity contribution in [3.8, 4) is 0 Å². The normalized spacial score (nSPS) is 17.8. The smallest absolute Gasteiger partial charge is 0.281 e. The number of nitrogens with zero attached hydrogens (tertiary/aromatic N) is 4. The number of hydrogen-bond donors (Lipinski definition) is 0. The average Bonchev–Trinajstić information content (AvgIpc) is 3.33. The maximum absolute atomic E-state index is 13.5. The standard InChI is InChI=1S/C26H30N4O3/c1-32-17-9-16-29-23-15-8-6-13-21(23)27-24(29)18-30-22-14-7-5-12-20(22)25(26(30)31)28-33-19-10-3-2-4-11-19/h5-8,12-15,19H,2-4,9-11,16-18H2,1H3/b28-25+. The highest BCUT2D eigenvalue weighted by atomic mass is 16.6. The van der Waals surface area contributed by atoms with E-state index in [9.17, 15) is 4.79 Å². The Morgan fingerprint density at radius 2 is 1.85 bits per heavy atom. The van der Waals surface area contributed by atoms with E-state index in [1.165, 1.54) is 6.42 Å². The first-order chi connectivity index (χ1) is 16.3. The molecule has 2 aliphatic rings. The van der Waals surface area contributed by atoms with Gasteiger partial charge in [0.15, 0.2) is 5.71 Å². The Hall–Kier alpha value is -3.19. The van der Waals surface area contributed by atoms with E-state index in [0.717, 1.165) is 66.8 Å². The lowest BCUT2D eigenvalue weighted by Gasteiger charge is -2.19. The number of anilines is 1. The lowest BCUT2D eigenvalue weighted by Crippen LogP contribution is -2.31. The molecular formula is C26H30N4O3. The van der Waals surface area contributed by atoms with E-state index in [1.807, 2.05) is 42.5 Å². The fourth-order valence-electron chi connectivity index (χ4n) is 4.81. The summed E-state index contributed by atoms with van der Waals surface area (Å²) in [4.78, 5) is 26.0. The van der Waals surface area contributed by atoms with Gasteiger partial charge in [0, 0.05) is 25.8 Å². The SMILES string of the molecule is COCCCn1c(CN2C(=O)/C(=N/OC3CCCCC3)c3ccccc32)nc2ccccc21. The Bertz CT molecular complexity index is 1160. The number of amides is 1. The van der Waals surface area contributed by atoms with Crippen molar-refractivity contribution in [1.29, 1.82) is 0 Å². The predicted octanol–water partition coefficient (Wildman–Crippen LogP) is 4.67. The minimum atomic E-state index is -0.137. The van der Waals surface area contributed by atoms with Crippen LogP contribution in [0.25, 0.3) is 11.0 Å². The van der Waals surface area contributed by atoms with Crippen molar-refractivity contribution in [3.05, 3.63) is 59.9 Å². The van der Waals surface area contributed by atoms with Gasteiger partial charge in [0.2, 0.25) is 0 Å². The number of methoxy groups -OCH3 is 1. The molecule has 1 saturated carbocycles. The number of oxime groups is 1. The predicted molar refractivity (Wildman–Crippen MR) is 128 cm³/mol. The number of carbonyl (C=O) groups is 1. The summed E-state index contributed by atoms with van der Waals surface area (Å²) in [6.45, 7) is 1.83. The Kier molecular flexibility index (Phi) is 6.39. The zero-order chi connectivity index (χ0) is 22.6. The van der Waals surface area contributed by atoms with Crippen LogP contribution in [0.5, 0.6) is 0 Å². The molecule has 0 unspecified atom stereocenters. The molecule has 5 rings (SSSR count). The monoisotopic (exact) mass is 446 g/mol. The lowest BCUT2D eigenvalue weighted by atomic mass is 9.98. The van der Waals surface area contributed by atoms with Crippen molar-refractivity contribution in [2.24, 2.45) is 5.16 Å². The molecule has 7 heteroatoms. The number of hydrogen-bond acceptors (Lipinski definition) is 5. The quantitative estimate of drug-likeness (QED) is 0.372. The molecular weight excluding hydrogens is 416 g/mol. The highest BCUT2D eigenvalue weighted by Crippen LogP contribution is 2.32. The van der Waals surface area contributed by atoms with Gasteiger partial charge < -0.3 is 14.1 Å². The maximum atomic E-state index is 13.5. The molecule has 0 radical (unpaired) electrons. The molecule has 2 heterocycles. The number of ether oxygens (including phenoxy) is 1. The third kappa shape index (κ3) is 4.37. The first-order valence-corrected chi connectivity index (χ1v) is 11.8. The lowest BCUT2D eigenvalue weighted by molar-refractivity contribution is -0.112. The Morgan fingerprint density at radius 3 is 2.70 bits per heavy atom. The molecule has 3 aromatic rings. The van der Waals surface area contributed by atoms with Crippen molar-refractivity contribution in [2.45, 2.75) is 57.7 Å². The van der Waals surface area contributed by atoms with Crippen LogP contribution in [0.2, 0.25) is 0 Å². The Labute approximate surface area is 194 Å². The molecule has 0 saturated heterocycles. The summed E-state index contributed by atoms with van der Waals surface area (Å²) < 4.78 is 7.44. The number of fused-ring (bicyclic) bond motifs is 2. The van der Waals surface area contributed by atoms with Crippen LogP contribution in [0.15, 0.2) is 53.7 Å². The van der Waals surface area contributed by atoms with Crippen molar-refractivity contribution in [3.63, 3.8) is 0 Å². The largest absolute Gasteiger partial charge is 0.392 e. The van der Waals surface area contributed by atoms with Crippen molar-refractivity contribution in [2.75, 3.05) is 18.6 Å². The summed E-state index contributed by atoms with van der Waals surface area (Å²) in [5.41, 5.74) is 4.06. The van der Waals surface area contributed by atoms with Gasteiger partial charge in [-0.15, -0.1) is 0 Å². The van der Waals surface area contributed by atoms with Crippen LogP contribution < -0.4 is 4.90 Å². The van der Waals surface area contributed by atoms with Gasteiger partial charge in [-0.25, -0.2) is 4.98 Å². The molecule has 1 fully saturated rings. The number of imidazole rings is 1. The fraction of sp³-hybridized carbons (Fsp3) is 0.423. The third-order valence-electron chi connectivity index (χ3n) is 6.51. The van der Waals surface area contributed by atoms with E-state index in [1.54, 1.807) is 12.0 Å². The van der Waals surface area contributed by atoms with E-state index in [4.69, 9.17) is 14.6 Å². The molecule has 0 N–H and O–H groups in total. The molecule has 0 spiro atoms. The fourth-order valence-corrected chi connectivity index (χ4v) is 4.81. The van der Waals surface area contributed by atoms with E-state index < -0.39 is 0 Å². The summed E-state index contributed by atoms with van der Waals surface area (Å²) in [6, 6.07) is 15.9. The number of aryl methyl sites for hydroxylation is 1. The molecule has 1 aliphatic heterocycles. The molecule has 0 bridgehead atoms. The van der Waals surface area contributed by atoms with Gasteiger partial charge in [0.05, 0.1) is 23.3 Å². The average molecular weight is 447 g/mol. The van der Waals surface area contributed by atoms with Crippen LogP contribution in [0.3, 0.4) is 0 Å². The highest BCUT2D eigenvalue weighted by Gasteiger charge is 2.35. The van der Waals surface area contributed by atoms with E-state index in [0.29, 0.717) is 18.9 Å². The van der Waals surface area contributed by atoms with Gasteiger partial charge in [-0.3, -0.25) is 9.69 Å². The minimum Gasteiger partial charge on any atom is -0.392 e. The molecule has 1 amide bonds. The second-order valence-electron chi connectivity index (χ2n) is 8.73. The molecule has 0 atom stereocenters. The van der Waals surface area contributed by atoms with Gasteiger partial charge in [0.25, 0.3) is 5.91 Å². The second-order valence-corrected chi connectivity index (χ2v) is 8.73. The zero-order valence-corrected chi connectivity index (χ0v) is 19.1. The number of rotatable bonds is 8. The maximum Gasteiger partial charge on any atom is 0.281 e. The van der Waals surface area contributed by atoms with E-state index in [-0.39, 0.29) is 12.0 Å². The number of carbonyl (C=O) groups excluding carboxylic acids is 1. The first-order valence-electron chi connectivity index (χ1n) is 11.8. The van der Waals surface area contributed by atoms with Crippen LogP contribution in [0, 0.1) is 0 Å². The van der Waals surface area contributed by atoms with E-state index in [2.05, 4.69) is 15.8 Å². The van der Waals surface area contributed by atoms with Gasteiger partial charge in [-0.2, -0.15) is 0 Å². The third-order valence-corrected chi connectivity index (χ3v) is 6.51. The number of para-hydroxylation sites is 3. The Balaban J connectivity index is 1.44. The van der Waals surface area contributed by atoms with Crippen LogP contribution in [0.1, 0.15) is 49.9 Å². The molecule has 172 valence electrons.